The molecule has 2 N–H and O–H groups in total. The quantitative estimate of drug-likeness (QED) is 0.865. The first-order valence-corrected chi connectivity index (χ1v) is 6.53. The van der Waals surface area contributed by atoms with Crippen LogP contribution in [0.3, 0.4) is 0 Å². The number of hydrogen-bond donors (Lipinski definition) is 2. The zero-order valence-corrected chi connectivity index (χ0v) is 11.3. The molecule has 2 rings (SSSR count). The third kappa shape index (κ3) is 2.34. The van der Waals surface area contributed by atoms with E-state index >= 15 is 0 Å². The first-order chi connectivity index (χ1) is 9.00. The van der Waals surface area contributed by atoms with E-state index in [0.29, 0.717) is 30.6 Å². The van der Waals surface area contributed by atoms with Crippen molar-refractivity contribution in [1.82, 2.24) is 15.1 Å². The van der Waals surface area contributed by atoms with Crippen molar-refractivity contribution in [2.75, 3.05) is 13.1 Å². The lowest BCUT2D eigenvalue weighted by Gasteiger charge is -2.39. The van der Waals surface area contributed by atoms with E-state index in [9.17, 15) is 14.7 Å². The molecule has 0 radical (unpaired) electrons. The maximum atomic E-state index is 12.4. The molecule has 1 aliphatic heterocycles. The lowest BCUT2D eigenvalue weighted by Crippen LogP contribution is -2.49. The van der Waals surface area contributed by atoms with Gasteiger partial charge in [0.05, 0.1) is 17.2 Å². The van der Waals surface area contributed by atoms with Crippen LogP contribution in [0, 0.1) is 12.3 Å². The predicted octanol–water partition coefficient (Wildman–Crippen LogP) is 1.44. The zero-order valence-electron chi connectivity index (χ0n) is 11.3. The molecule has 19 heavy (non-hydrogen) atoms. The largest absolute Gasteiger partial charge is 0.481 e. The molecular formula is C13H19N3O3. The number of amides is 1. The monoisotopic (exact) mass is 265 g/mol. The predicted molar refractivity (Wildman–Crippen MR) is 68.8 cm³/mol. The topological polar surface area (TPSA) is 86.3 Å². The molecule has 6 heteroatoms. The van der Waals surface area contributed by atoms with Gasteiger partial charge in [0.15, 0.2) is 0 Å². The van der Waals surface area contributed by atoms with Crippen LogP contribution in [0.2, 0.25) is 0 Å². The highest BCUT2D eigenvalue weighted by molar-refractivity contribution is 5.95. The molecule has 104 valence electrons. The van der Waals surface area contributed by atoms with Crippen molar-refractivity contribution in [3.63, 3.8) is 0 Å². The Hall–Kier alpha value is -1.85. The second-order valence-corrected chi connectivity index (χ2v) is 5.18. The van der Waals surface area contributed by atoms with Crippen LogP contribution in [0.4, 0.5) is 0 Å². The van der Waals surface area contributed by atoms with Gasteiger partial charge in [-0.15, -0.1) is 0 Å². The highest BCUT2D eigenvalue weighted by Crippen LogP contribution is 2.34. The van der Waals surface area contributed by atoms with E-state index in [-0.39, 0.29) is 12.5 Å². The molecule has 1 aromatic heterocycles. The highest BCUT2D eigenvalue weighted by Gasteiger charge is 2.42. The minimum absolute atomic E-state index is 0.134. The van der Waals surface area contributed by atoms with Crippen LogP contribution in [0.1, 0.15) is 42.2 Å². The van der Waals surface area contributed by atoms with Crippen LogP contribution >= 0.6 is 0 Å². The molecule has 1 fully saturated rings. The Bertz CT molecular complexity index is 497. The summed E-state index contributed by atoms with van der Waals surface area (Å²) in [5, 5.41) is 16.0. The number of likely N-dealkylation sites (tertiary alicyclic amines) is 1. The molecule has 1 aromatic rings. The van der Waals surface area contributed by atoms with Crippen molar-refractivity contribution in [3.8, 4) is 0 Å². The van der Waals surface area contributed by atoms with Crippen LogP contribution in [0.5, 0.6) is 0 Å². The molecule has 0 spiro atoms. The third-order valence-corrected chi connectivity index (χ3v) is 4.05. The molecule has 1 amide bonds. The number of aromatic amines is 1. The molecule has 0 aromatic carbocycles. The summed E-state index contributed by atoms with van der Waals surface area (Å²) in [4.78, 5) is 25.5. The molecule has 1 unspecified atom stereocenters. The molecule has 1 saturated heterocycles. The summed E-state index contributed by atoms with van der Waals surface area (Å²) in [5.41, 5.74) is 0.441. The van der Waals surface area contributed by atoms with E-state index in [1.165, 1.54) is 6.20 Å². The number of carbonyl (C=O) groups excluding carboxylic acids is 1. The maximum absolute atomic E-state index is 12.4. The fraction of sp³-hybridized carbons (Fsp3) is 0.615. The first-order valence-electron chi connectivity index (χ1n) is 6.53. The number of hydrogen-bond acceptors (Lipinski definition) is 3. The van der Waals surface area contributed by atoms with Gasteiger partial charge < -0.3 is 10.0 Å². The number of nitrogens with zero attached hydrogens (tertiary/aromatic N) is 2. The summed E-state index contributed by atoms with van der Waals surface area (Å²) in [5.74, 6) is -0.943. The standard InChI is InChI=1S/C13H19N3O3/c1-3-13(12(18)19)5-4-6-16(8-13)11(17)10-7-14-15-9(10)2/h7H,3-6,8H2,1-2H3,(H,14,15)(H,18,19). The van der Waals surface area contributed by atoms with E-state index in [2.05, 4.69) is 10.2 Å². The molecule has 0 bridgehead atoms. The number of H-pyrrole nitrogens is 1. The molecule has 6 nitrogen and oxygen atoms in total. The van der Waals surface area contributed by atoms with Gasteiger partial charge in [-0.05, 0) is 26.2 Å². The van der Waals surface area contributed by atoms with Crippen LogP contribution < -0.4 is 0 Å². The van der Waals surface area contributed by atoms with E-state index in [1.807, 2.05) is 6.92 Å². The van der Waals surface area contributed by atoms with Gasteiger partial charge in [-0.2, -0.15) is 5.10 Å². The summed E-state index contributed by atoms with van der Waals surface area (Å²) in [7, 11) is 0. The van der Waals surface area contributed by atoms with Crippen molar-refractivity contribution in [2.45, 2.75) is 33.1 Å². The summed E-state index contributed by atoms with van der Waals surface area (Å²) >= 11 is 0. The van der Waals surface area contributed by atoms with Gasteiger partial charge in [0.2, 0.25) is 0 Å². The minimum atomic E-state index is -0.809. The van der Waals surface area contributed by atoms with Crippen molar-refractivity contribution < 1.29 is 14.7 Å². The van der Waals surface area contributed by atoms with Gasteiger partial charge >= 0.3 is 5.97 Å². The summed E-state index contributed by atoms with van der Waals surface area (Å²) < 4.78 is 0. The van der Waals surface area contributed by atoms with Gasteiger partial charge in [-0.25, -0.2) is 0 Å². The Kier molecular flexibility index (Phi) is 3.59. The Morgan fingerprint density at radius 1 is 1.58 bits per heavy atom. The Morgan fingerprint density at radius 3 is 2.84 bits per heavy atom. The average Bonchev–Trinajstić information content (AvgIpc) is 2.84. The van der Waals surface area contributed by atoms with Crippen molar-refractivity contribution in [2.24, 2.45) is 5.41 Å². The Balaban J connectivity index is 2.20. The Morgan fingerprint density at radius 2 is 2.32 bits per heavy atom. The lowest BCUT2D eigenvalue weighted by molar-refractivity contribution is -0.152. The molecule has 0 saturated carbocycles. The van der Waals surface area contributed by atoms with E-state index < -0.39 is 11.4 Å². The van der Waals surface area contributed by atoms with E-state index in [0.717, 1.165) is 6.42 Å². The van der Waals surface area contributed by atoms with Crippen molar-refractivity contribution in [1.29, 1.82) is 0 Å². The first kappa shape index (κ1) is 13.6. The molecule has 1 atom stereocenters. The number of carbonyl (C=O) groups is 2. The second kappa shape index (κ2) is 5.03. The fourth-order valence-corrected chi connectivity index (χ4v) is 2.66. The normalized spacial score (nSPS) is 23.4. The van der Waals surface area contributed by atoms with Crippen LogP contribution in [-0.4, -0.2) is 45.2 Å². The number of carboxylic acids is 1. The van der Waals surface area contributed by atoms with Gasteiger partial charge in [0.1, 0.15) is 0 Å². The van der Waals surface area contributed by atoms with Crippen LogP contribution in [0.25, 0.3) is 0 Å². The van der Waals surface area contributed by atoms with Gasteiger partial charge in [0.25, 0.3) is 5.91 Å². The zero-order chi connectivity index (χ0) is 14.0. The number of aliphatic carboxylic acids is 1. The summed E-state index contributed by atoms with van der Waals surface area (Å²) in [6.07, 6.45) is 3.40. The number of nitrogens with one attached hydrogen (secondary N) is 1. The molecular weight excluding hydrogens is 246 g/mol. The van der Waals surface area contributed by atoms with Crippen LogP contribution in [0.15, 0.2) is 6.20 Å². The third-order valence-electron chi connectivity index (χ3n) is 4.05. The SMILES string of the molecule is CCC1(C(=O)O)CCCN(C(=O)c2cn[nH]c2C)C1. The van der Waals surface area contributed by atoms with Gasteiger partial charge in [0, 0.05) is 18.8 Å². The number of carboxylic acid groups (broad SMARTS) is 1. The second-order valence-electron chi connectivity index (χ2n) is 5.18. The number of aromatic nitrogens is 2. The van der Waals surface area contributed by atoms with Crippen LogP contribution in [-0.2, 0) is 4.79 Å². The van der Waals surface area contributed by atoms with Gasteiger partial charge in [-0.3, -0.25) is 14.7 Å². The number of piperidine rings is 1. The highest BCUT2D eigenvalue weighted by atomic mass is 16.4. The number of aryl methyl sites for hydroxylation is 1. The number of rotatable bonds is 3. The summed E-state index contributed by atoms with van der Waals surface area (Å²) in [6, 6.07) is 0. The summed E-state index contributed by atoms with van der Waals surface area (Å²) in [6.45, 7) is 4.54. The average molecular weight is 265 g/mol. The van der Waals surface area contributed by atoms with E-state index in [4.69, 9.17) is 0 Å². The maximum Gasteiger partial charge on any atom is 0.311 e. The van der Waals surface area contributed by atoms with Gasteiger partial charge in [-0.1, -0.05) is 6.92 Å². The molecule has 1 aliphatic rings. The molecule has 2 heterocycles. The Labute approximate surface area is 111 Å². The van der Waals surface area contributed by atoms with E-state index in [1.54, 1.807) is 11.8 Å². The minimum Gasteiger partial charge on any atom is -0.481 e. The molecule has 0 aliphatic carbocycles. The fourth-order valence-electron chi connectivity index (χ4n) is 2.66. The smallest absolute Gasteiger partial charge is 0.311 e. The lowest BCUT2D eigenvalue weighted by atomic mass is 9.77. The van der Waals surface area contributed by atoms with Crippen molar-refractivity contribution in [3.05, 3.63) is 17.5 Å². The van der Waals surface area contributed by atoms with Crippen molar-refractivity contribution >= 4 is 11.9 Å².